The van der Waals surface area contributed by atoms with Gasteiger partial charge in [-0.3, -0.25) is 4.90 Å². The number of fused-ring (bicyclic) bond motifs is 2. The molecule has 1 aliphatic rings. The van der Waals surface area contributed by atoms with Gasteiger partial charge in [0.15, 0.2) is 0 Å². The van der Waals surface area contributed by atoms with Gasteiger partial charge in [0.25, 0.3) is 0 Å². The van der Waals surface area contributed by atoms with Crippen molar-refractivity contribution in [1.29, 1.82) is 0 Å². The van der Waals surface area contributed by atoms with E-state index < -0.39 is 6.10 Å². The molecular weight excluding hydrogens is 400 g/mol. The number of benzene rings is 2. The summed E-state index contributed by atoms with van der Waals surface area (Å²) in [6.45, 7) is 4.80. The summed E-state index contributed by atoms with van der Waals surface area (Å²) in [5.74, 6) is 0.520. The van der Waals surface area contributed by atoms with Crippen molar-refractivity contribution >= 4 is 11.0 Å². The number of hydrogen-bond acceptors (Lipinski definition) is 5. The SMILES string of the molecule is Cc1cccc2c1CN(CC(O)COc1cccc(-c3ccc4ncn(C)c4c3)n1)CC2. The minimum atomic E-state index is -0.572. The molecule has 1 N–H and O–H groups in total. The first-order valence-electron chi connectivity index (χ1n) is 11.1. The van der Waals surface area contributed by atoms with Crippen LogP contribution in [-0.2, 0) is 20.0 Å². The van der Waals surface area contributed by atoms with E-state index in [1.54, 1.807) is 0 Å². The number of aliphatic hydroxyl groups excluding tert-OH is 1. The highest BCUT2D eigenvalue weighted by molar-refractivity contribution is 5.81. The van der Waals surface area contributed by atoms with E-state index in [2.05, 4.69) is 46.1 Å². The van der Waals surface area contributed by atoms with Crippen LogP contribution in [0.25, 0.3) is 22.3 Å². The first kappa shape index (κ1) is 20.7. The van der Waals surface area contributed by atoms with Gasteiger partial charge in [-0.2, -0.15) is 0 Å². The molecule has 1 unspecified atom stereocenters. The normalized spacial score (nSPS) is 15.0. The topological polar surface area (TPSA) is 63.4 Å². The molecule has 4 aromatic rings. The summed E-state index contributed by atoms with van der Waals surface area (Å²) >= 11 is 0. The monoisotopic (exact) mass is 428 g/mol. The maximum atomic E-state index is 10.6. The average Bonchev–Trinajstić information content (AvgIpc) is 3.18. The van der Waals surface area contributed by atoms with Gasteiger partial charge in [-0.25, -0.2) is 9.97 Å². The molecular formula is C26H28N4O2. The average molecular weight is 429 g/mol. The lowest BCUT2D eigenvalue weighted by molar-refractivity contribution is 0.0622. The number of ether oxygens (including phenoxy) is 1. The molecule has 0 saturated carbocycles. The van der Waals surface area contributed by atoms with E-state index in [4.69, 9.17) is 4.74 Å². The molecule has 0 fully saturated rings. The minimum absolute atomic E-state index is 0.217. The standard InChI is InChI=1S/C26H28N4O2/c1-18-5-3-6-19-11-12-30(15-22(18)19)14-21(31)16-32-26-8-4-7-23(28-26)20-9-10-24-25(13-20)29(2)17-27-24/h3-10,13,17,21,31H,11-12,14-16H2,1-2H3. The van der Waals surface area contributed by atoms with Crippen LogP contribution in [0, 0.1) is 6.92 Å². The molecule has 0 bridgehead atoms. The largest absolute Gasteiger partial charge is 0.475 e. The number of aliphatic hydroxyl groups is 1. The van der Waals surface area contributed by atoms with E-state index in [0.717, 1.165) is 41.8 Å². The summed E-state index contributed by atoms with van der Waals surface area (Å²) in [5.41, 5.74) is 8.01. The highest BCUT2D eigenvalue weighted by atomic mass is 16.5. The zero-order chi connectivity index (χ0) is 22.1. The maximum absolute atomic E-state index is 10.6. The maximum Gasteiger partial charge on any atom is 0.213 e. The summed E-state index contributed by atoms with van der Waals surface area (Å²) in [5, 5.41) is 10.6. The number of nitrogens with zero attached hydrogens (tertiary/aromatic N) is 4. The zero-order valence-corrected chi connectivity index (χ0v) is 18.5. The Bertz CT molecular complexity index is 1250. The number of aryl methyl sites for hydroxylation is 2. The molecule has 6 nitrogen and oxygen atoms in total. The molecule has 6 heteroatoms. The first-order valence-corrected chi connectivity index (χ1v) is 11.1. The second kappa shape index (κ2) is 8.73. The Labute approximate surface area is 188 Å². The lowest BCUT2D eigenvalue weighted by Crippen LogP contribution is -2.39. The van der Waals surface area contributed by atoms with Crippen molar-refractivity contribution in [3.05, 3.63) is 77.6 Å². The fourth-order valence-electron chi connectivity index (χ4n) is 4.43. The molecule has 2 aromatic heterocycles. The van der Waals surface area contributed by atoms with Crippen LogP contribution >= 0.6 is 0 Å². The van der Waals surface area contributed by atoms with E-state index in [9.17, 15) is 5.11 Å². The Hall–Kier alpha value is -3.22. The zero-order valence-electron chi connectivity index (χ0n) is 18.5. The van der Waals surface area contributed by atoms with Crippen LogP contribution in [-0.4, -0.2) is 50.3 Å². The molecule has 0 amide bonds. The van der Waals surface area contributed by atoms with Crippen LogP contribution in [0.15, 0.2) is 60.9 Å². The van der Waals surface area contributed by atoms with Crippen molar-refractivity contribution in [2.45, 2.75) is 26.0 Å². The number of rotatable bonds is 6. The summed E-state index contributed by atoms with van der Waals surface area (Å²) in [4.78, 5) is 11.3. The van der Waals surface area contributed by atoms with Gasteiger partial charge in [0.05, 0.1) is 23.1 Å². The van der Waals surface area contributed by atoms with E-state index in [-0.39, 0.29) is 6.61 Å². The molecule has 2 aromatic carbocycles. The van der Waals surface area contributed by atoms with Crippen molar-refractivity contribution < 1.29 is 9.84 Å². The third kappa shape index (κ3) is 4.24. The Kier molecular flexibility index (Phi) is 5.64. The first-order chi connectivity index (χ1) is 15.6. The van der Waals surface area contributed by atoms with Gasteiger partial charge in [0.2, 0.25) is 5.88 Å². The molecule has 0 aliphatic carbocycles. The van der Waals surface area contributed by atoms with Crippen LogP contribution in [0.3, 0.4) is 0 Å². The quantitative estimate of drug-likeness (QED) is 0.507. The summed E-state index contributed by atoms with van der Waals surface area (Å²) in [7, 11) is 1.98. The van der Waals surface area contributed by atoms with Crippen LogP contribution in [0.2, 0.25) is 0 Å². The third-order valence-corrected chi connectivity index (χ3v) is 6.22. The number of aromatic nitrogens is 3. The molecule has 1 atom stereocenters. The van der Waals surface area contributed by atoms with E-state index in [1.807, 2.05) is 48.3 Å². The van der Waals surface area contributed by atoms with E-state index in [0.29, 0.717) is 12.4 Å². The van der Waals surface area contributed by atoms with Crippen LogP contribution in [0.5, 0.6) is 5.88 Å². The van der Waals surface area contributed by atoms with Crippen molar-refractivity contribution in [3.8, 4) is 17.1 Å². The van der Waals surface area contributed by atoms with Gasteiger partial charge < -0.3 is 14.4 Å². The third-order valence-electron chi connectivity index (χ3n) is 6.22. The highest BCUT2D eigenvalue weighted by Gasteiger charge is 2.20. The van der Waals surface area contributed by atoms with Crippen molar-refractivity contribution in [3.63, 3.8) is 0 Å². The number of β-amino-alcohol motifs (C(OH)–C–C–N with tert-alkyl or cyclic N) is 1. The summed E-state index contributed by atoms with van der Waals surface area (Å²) in [6, 6.07) is 18.3. The number of pyridine rings is 1. The predicted molar refractivity (Wildman–Crippen MR) is 126 cm³/mol. The Morgan fingerprint density at radius 3 is 2.91 bits per heavy atom. The van der Waals surface area contributed by atoms with Gasteiger partial charge in [-0.1, -0.05) is 30.3 Å². The molecule has 0 radical (unpaired) electrons. The van der Waals surface area contributed by atoms with Crippen molar-refractivity contribution in [2.24, 2.45) is 7.05 Å². The van der Waals surface area contributed by atoms with Gasteiger partial charge in [0, 0.05) is 38.3 Å². The van der Waals surface area contributed by atoms with Gasteiger partial charge in [-0.05, 0) is 48.2 Å². The second-order valence-corrected chi connectivity index (χ2v) is 8.58. The predicted octanol–water partition coefficient (Wildman–Crippen LogP) is 3.74. The van der Waals surface area contributed by atoms with Crippen LogP contribution in [0.1, 0.15) is 16.7 Å². The van der Waals surface area contributed by atoms with E-state index >= 15 is 0 Å². The fourth-order valence-corrected chi connectivity index (χ4v) is 4.43. The Morgan fingerprint density at radius 1 is 1.12 bits per heavy atom. The molecule has 164 valence electrons. The lowest BCUT2D eigenvalue weighted by Gasteiger charge is -2.31. The number of hydrogen-bond donors (Lipinski definition) is 1. The smallest absolute Gasteiger partial charge is 0.213 e. The molecule has 32 heavy (non-hydrogen) atoms. The molecule has 1 aliphatic heterocycles. The van der Waals surface area contributed by atoms with Crippen LogP contribution < -0.4 is 4.74 Å². The highest BCUT2D eigenvalue weighted by Crippen LogP contribution is 2.25. The fraction of sp³-hybridized carbons (Fsp3) is 0.308. The van der Waals surface area contributed by atoms with Crippen molar-refractivity contribution in [1.82, 2.24) is 19.4 Å². The Morgan fingerprint density at radius 2 is 2.00 bits per heavy atom. The van der Waals surface area contributed by atoms with Gasteiger partial charge in [-0.15, -0.1) is 0 Å². The second-order valence-electron chi connectivity index (χ2n) is 8.58. The van der Waals surface area contributed by atoms with Crippen molar-refractivity contribution in [2.75, 3.05) is 19.7 Å². The lowest BCUT2D eigenvalue weighted by atomic mass is 9.95. The van der Waals surface area contributed by atoms with Crippen LogP contribution in [0.4, 0.5) is 0 Å². The van der Waals surface area contributed by atoms with Gasteiger partial charge in [0.1, 0.15) is 12.7 Å². The molecule has 0 saturated heterocycles. The molecule has 3 heterocycles. The number of imidazole rings is 1. The Balaban J connectivity index is 1.21. The summed E-state index contributed by atoms with van der Waals surface area (Å²) in [6.07, 6.45) is 2.26. The summed E-state index contributed by atoms with van der Waals surface area (Å²) < 4.78 is 7.85. The molecule has 0 spiro atoms. The van der Waals surface area contributed by atoms with Gasteiger partial charge >= 0.3 is 0 Å². The molecule has 5 rings (SSSR count). The van der Waals surface area contributed by atoms with E-state index in [1.165, 1.54) is 16.7 Å². The minimum Gasteiger partial charge on any atom is -0.475 e.